The predicted molar refractivity (Wildman–Crippen MR) is 121 cm³/mol. The van der Waals surface area contributed by atoms with E-state index in [9.17, 15) is 4.79 Å². The Morgan fingerprint density at radius 2 is 2.03 bits per heavy atom. The molecule has 7 nitrogen and oxygen atoms in total. The maximum atomic E-state index is 12.5. The molecule has 2 aromatic heterocycles. The van der Waals surface area contributed by atoms with Gasteiger partial charge in [0.2, 0.25) is 5.91 Å². The molecule has 2 heterocycles. The van der Waals surface area contributed by atoms with Crippen molar-refractivity contribution in [2.45, 2.75) is 33.4 Å². The van der Waals surface area contributed by atoms with Gasteiger partial charge in [0.25, 0.3) is 0 Å². The number of hydrogen-bond acceptors (Lipinski definition) is 6. The molecule has 4 aromatic rings. The molecule has 2 aromatic carbocycles. The van der Waals surface area contributed by atoms with E-state index in [1.54, 1.807) is 6.33 Å². The van der Waals surface area contributed by atoms with Gasteiger partial charge in [-0.05, 0) is 38.1 Å². The molecule has 0 spiro atoms. The van der Waals surface area contributed by atoms with E-state index in [2.05, 4.69) is 20.5 Å². The maximum Gasteiger partial charge on any atom is 0.230 e. The molecule has 0 fully saturated rings. The third kappa shape index (κ3) is 5.35. The quantitative estimate of drug-likeness (QED) is 0.443. The number of carbonyl (C=O) groups is 1. The number of aromatic nitrogens is 4. The van der Waals surface area contributed by atoms with E-state index in [4.69, 9.17) is 4.74 Å². The van der Waals surface area contributed by atoms with Gasteiger partial charge in [-0.15, -0.1) is 21.5 Å². The Kier molecular flexibility index (Phi) is 6.37. The van der Waals surface area contributed by atoms with Crippen molar-refractivity contribution < 1.29 is 9.53 Å². The Morgan fingerprint density at radius 3 is 2.84 bits per heavy atom. The summed E-state index contributed by atoms with van der Waals surface area (Å²) in [5.74, 6) is 1.46. The molecule has 1 amide bonds. The van der Waals surface area contributed by atoms with Crippen LogP contribution in [0.1, 0.15) is 23.2 Å². The number of thiazole rings is 1. The number of nitrogens with one attached hydrogen (secondary N) is 1. The average Bonchev–Trinajstić information content (AvgIpc) is 3.42. The molecule has 0 radical (unpaired) electrons. The fraction of sp³-hybridized carbons (Fsp3) is 0.217. The number of amides is 1. The second kappa shape index (κ2) is 9.53. The number of ether oxygens (including phenoxy) is 1. The normalized spacial score (nSPS) is 10.8. The number of hydrogen-bond donors (Lipinski definition) is 1. The van der Waals surface area contributed by atoms with Crippen LogP contribution in [0, 0.1) is 6.92 Å². The molecule has 0 unspecified atom stereocenters. The topological polar surface area (TPSA) is 81.9 Å². The summed E-state index contributed by atoms with van der Waals surface area (Å²) >= 11 is 1.49. The zero-order chi connectivity index (χ0) is 21.6. The zero-order valence-corrected chi connectivity index (χ0v) is 18.2. The molecule has 1 N–H and O–H groups in total. The van der Waals surface area contributed by atoms with Gasteiger partial charge in [-0.2, -0.15) is 0 Å². The molecular formula is C23H23N5O2S. The lowest BCUT2D eigenvalue weighted by molar-refractivity contribution is -0.115. The van der Waals surface area contributed by atoms with Gasteiger partial charge in [0.1, 0.15) is 23.7 Å². The minimum atomic E-state index is -0.120. The third-order valence-electron chi connectivity index (χ3n) is 4.69. The molecule has 0 saturated heterocycles. The van der Waals surface area contributed by atoms with Crippen LogP contribution < -0.4 is 10.1 Å². The van der Waals surface area contributed by atoms with Crippen LogP contribution in [-0.2, 0) is 24.4 Å². The molecule has 0 saturated carbocycles. The van der Waals surface area contributed by atoms with Gasteiger partial charge in [0.15, 0.2) is 5.82 Å². The van der Waals surface area contributed by atoms with E-state index in [1.165, 1.54) is 16.9 Å². The smallest absolute Gasteiger partial charge is 0.230 e. The highest BCUT2D eigenvalue weighted by atomic mass is 32.1. The van der Waals surface area contributed by atoms with Crippen molar-refractivity contribution in [3.8, 4) is 17.1 Å². The van der Waals surface area contributed by atoms with Crippen LogP contribution in [0.5, 0.6) is 5.75 Å². The monoisotopic (exact) mass is 433 g/mol. The van der Waals surface area contributed by atoms with Crippen molar-refractivity contribution >= 4 is 22.9 Å². The van der Waals surface area contributed by atoms with E-state index in [-0.39, 0.29) is 12.3 Å². The van der Waals surface area contributed by atoms with Crippen LogP contribution in [0.4, 0.5) is 5.69 Å². The SMILES string of the molecule is CCn1cnnc1-c1cccc(NC(=O)Cc2csc(COc3ccc(C)cc3)n2)c1. The summed E-state index contributed by atoms with van der Waals surface area (Å²) in [5, 5.41) is 13.8. The molecule has 0 bridgehead atoms. The number of benzene rings is 2. The lowest BCUT2D eigenvalue weighted by atomic mass is 10.2. The summed E-state index contributed by atoms with van der Waals surface area (Å²) in [4.78, 5) is 17.0. The van der Waals surface area contributed by atoms with Crippen molar-refractivity contribution in [1.29, 1.82) is 0 Å². The largest absolute Gasteiger partial charge is 0.486 e. The van der Waals surface area contributed by atoms with E-state index in [0.29, 0.717) is 12.3 Å². The molecule has 31 heavy (non-hydrogen) atoms. The van der Waals surface area contributed by atoms with Gasteiger partial charge >= 0.3 is 0 Å². The summed E-state index contributed by atoms with van der Waals surface area (Å²) in [6.45, 7) is 5.23. The first kappa shape index (κ1) is 20.7. The van der Waals surface area contributed by atoms with E-state index in [1.807, 2.05) is 72.3 Å². The van der Waals surface area contributed by atoms with Gasteiger partial charge in [-0.25, -0.2) is 4.98 Å². The fourth-order valence-corrected chi connectivity index (χ4v) is 3.80. The zero-order valence-electron chi connectivity index (χ0n) is 17.4. The van der Waals surface area contributed by atoms with Crippen LogP contribution >= 0.6 is 11.3 Å². The van der Waals surface area contributed by atoms with Crippen LogP contribution in [0.3, 0.4) is 0 Å². The molecular weight excluding hydrogens is 410 g/mol. The van der Waals surface area contributed by atoms with Crippen LogP contribution in [0.15, 0.2) is 60.2 Å². The van der Waals surface area contributed by atoms with Crippen LogP contribution in [0.2, 0.25) is 0 Å². The summed E-state index contributed by atoms with van der Waals surface area (Å²) in [7, 11) is 0. The minimum Gasteiger partial charge on any atom is -0.486 e. The van der Waals surface area contributed by atoms with Gasteiger partial charge in [-0.3, -0.25) is 4.79 Å². The molecule has 0 aliphatic carbocycles. The predicted octanol–water partition coefficient (Wildman–Crippen LogP) is 4.49. The van der Waals surface area contributed by atoms with E-state index < -0.39 is 0 Å². The Bertz CT molecular complexity index is 1170. The van der Waals surface area contributed by atoms with Gasteiger partial charge in [-0.1, -0.05) is 29.8 Å². The Balaban J connectivity index is 1.34. The van der Waals surface area contributed by atoms with Gasteiger partial charge in [0.05, 0.1) is 12.1 Å². The lowest BCUT2D eigenvalue weighted by Gasteiger charge is -2.07. The Hall–Kier alpha value is -3.52. The fourth-order valence-electron chi connectivity index (χ4n) is 3.09. The number of nitrogens with zero attached hydrogens (tertiary/aromatic N) is 4. The number of carbonyl (C=O) groups excluding carboxylic acids is 1. The highest BCUT2D eigenvalue weighted by Gasteiger charge is 2.11. The van der Waals surface area contributed by atoms with Crippen LogP contribution in [0.25, 0.3) is 11.4 Å². The number of aryl methyl sites for hydroxylation is 2. The maximum absolute atomic E-state index is 12.5. The molecule has 0 atom stereocenters. The lowest BCUT2D eigenvalue weighted by Crippen LogP contribution is -2.14. The van der Waals surface area contributed by atoms with Crippen LogP contribution in [-0.4, -0.2) is 25.7 Å². The molecule has 4 rings (SSSR count). The standard InChI is InChI=1S/C23H23N5O2S/c1-3-28-15-24-27-23(28)17-5-4-6-18(11-17)25-21(29)12-19-14-31-22(26-19)13-30-20-9-7-16(2)8-10-20/h4-11,14-15H,3,12-13H2,1-2H3,(H,25,29). The first-order chi connectivity index (χ1) is 15.1. The highest BCUT2D eigenvalue weighted by molar-refractivity contribution is 7.09. The third-order valence-corrected chi connectivity index (χ3v) is 5.56. The summed E-state index contributed by atoms with van der Waals surface area (Å²) in [6, 6.07) is 15.5. The molecule has 0 aliphatic heterocycles. The molecule has 0 aliphatic rings. The summed E-state index contributed by atoms with van der Waals surface area (Å²) in [6.07, 6.45) is 1.90. The Labute approximate surface area is 184 Å². The second-order valence-corrected chi connectivity index (χ2v) is 8.02. The van der Waals surface area contributed by atoms with E-state index in [0.717, 1.165) is 34.4 Å². The Morgan fingerprint density at radius 1 is 1.19 bits per heavy atom. The van der Waals surface area contributed by atoms with Gasteiger partial charge < -0.3 is 14.6 Å². The molecule has 8 heteroatoms. The molecule has 158 valence electrons. The van der Waals surface area contributed by atoms with Crippen molar-refractivity contribution in [2.75, 3.05) is 5.32 Å². The number of rotatable bonds is 8. The van der Waals surface area contributed by atoms with Crippen molar-refractivity contribution in [2.24, 2.45) is 0 Å². The van der Waals surface area contributed by atoms with E-state index >= 15 is 0 Å². The second-order valence-electron chi connectivity index (χ2n) is 7.08. The first-order valence-corrected chi connectivity index (χ1v) is 10.9. The van der Waals surface area contributed by atoms with Crippen molar-refractivity contribution in [3.05, 3.63) is 76.5 Å². The summed E-state index contributed by atoms with van der Waals surface area (Å²) < 4.78 is 7.72. The highest BCUT2D eigenvalue weighted by Crippen LogP contribution is 2.21. The van der Waals surface area contributed by atoms with Crippen molar-refractivity contribution in [1.82, 2.24) is 19.7 Å². The summed E-state index contributed by atoms with van der Waals surface area (Å²) in [5.41, 5.74) is 3.53. The number of anilines is 1. The van der Waals surface area contributed by atoms with Crippen molar-refractivity contribution in [3.63, 3.8) is 0 Å². The van der Waals surface area contributed by atoms with Gasteiger partial charge in [0, 0.05) is 23.2 Å². The average molecular weight is 434 g/mol. The minimum absolute atomic E-state index is 0.120. The first-order valence-electron chi connectivity index (χ1n) is 10.0.